The number of halogens is 2. The molecule has 1 unspecified atom stereocenters. The Morgan fingerprint density at radius 1 is 1.23 bits per heavy atom. The molecule has 1 atom stereocenters. The molecule has 6 nitrogen and oxygen atoms in total. The molecular weight excluding hydrogens is 412 g/mol. The quantitative estimate of drug-likeness (QED) is 0.522. The highest BCUT2D eigenvalue weighted by Crippen LogP contribution is 2.32. The van der Waals surface area contributed by atoms with Crippen LogP contribution in [0.25, 0.3) is 11.0 Å². The molecule has 2 heterocycles. The molecule has 0 bridgehead atoms. The third-order valence-corrected chi connectivity index (χ3v) is 5.62. The predicted octanol–water partition coefficient (Wildman–Crippen LogP) is 5.70. The molecule has 2 aromatic heterocycles. The van der Waals surface area contributed by atoms with Gasteiger partial charge >= 0.3 is 12.5 Å². The minimum absolute atomic E-state index is 0.0324. The van der Waals surface area contributed by atoms with Gasteiger partial charge in [-0.2, -0.15) is 8.78 Å². The first-order chi connectivity index (χ1) is 14.0. The molecule has 0 fully saturated rings. The number of amides is 1. The van der Waals surface area contributed by atoms with E-state index in [0.717, 1.165) is 15.9 Å². The summed E-state index contributed by atoms with van der Waals surface area (Å²) in [4.78, 5) is 29.4. The van der Waals surface area contributed by atoms with Crippen molar-refractivity contribution in [3.63, 3.8) is 0 Å². The molecule has 9 heteroatoms. The molecule has 30 heavy (non-hydrogen) atoms. The summed E-state index contributed by atoms with van der Waals surface area (Å²) in [5, 5.41) is 3.30. The van der Waals surface area contributed by atoms with Crippen molar-refractivity contribution < 1.29 is 23.1 Å². The molecule has 160 valence electrons. The Balaban J connectivity index is 1.82. The van der Waals surface area contributed by atoms with Crippen molar-refractivity contribution in [1.82, 2.24) is 9.55 Å². The SMILES string of the molecule is Cc1cc(NC(=O)C(C)(C)C)sc1C(=O)OC(C)c1nc2ccccc2n1C(F)F. The maximum Gasteiger partial charge on any atom is 0.349 e. The number of alkyl halides is 2. The van der Waals surface area contributed by atoms with Gasteiger partial charge in [0.25, 0.3) is 0 Å². The van der Waals surface area contributed by atoms with Gasteiger partial charge < -0.3 is 10.1 Å². The number of anilines is 1. The van der Waals surface area contributed by atoms with E-state index < -0.39 is 24.0 Å². The van der Waals surface area contributed by atoms with Crippen LogP contribution in [-0.2, 0) is 9.53 Å². The number of hydrogen-bond acceptors (Lipinski definition) is 5. The van der Waals surface area contributed by atoms with Crippen LogP contribution >= 0.6 is 11.3 Å². The fourth-order valence-electron chi connectivity index (χ4n) is 2.87. The van der Waals surface area contributed by atoms with E-state index in [1.165, 1.54) is 6.92 Å². The van der Waals surface area contributed by atoms with Crippen molar-refractivity contribution >= 4 is 39.2 Å². The zero-order valence-corrected chi connectivity index (χ0v) is 18.1. The number of carbonyl (C=O) groups excluding carboxylic acids is 2. The highest BCUT2D eigenvalue weighted by atomic mass is 32.1. The smallest absolute Gasteiger partial charge is 0.349 e. The van der Waals surface area contributed by atoms with Gasteiger partial charge in [-0.15, -0.1) is 11.3 Å². The maximum atomic E-state index is 13.6. The summed E-state index contributed by atoms with van der Waals surface area (Å²) in [6.45, 7) is 5.76. The number of nitrogens with zero attached hydrogens (tertiary/aromatic N) is 2. The lowest BCUT2D eigenvalue weighted by Gasteiger charge is -2.16. The Hall–Kier alpha value is -2.81. The Morgan fingerprint density at radius 3 is 2.53 bits per heavy atom. The van der Waals surface area contributed by atoms with Gasteiger partial charge in [0.15, 0.2) is 11.9 Å². The third kappa shape index (κ3) is 4.35. The Bertz CT molecular complexity index is 1100. The van der Waals surface area contributed by atoms with Crippen LogP contribution in [0, 0.1) is 12.3 Å². The molecular formula is C21H23F2N3O3S. The summed E-state index contributed by atoms with van der Waals surface area (Å²) in [5.74, 6) is -0.869. The number of para-hydroxylation sites is 2. The molecule has 3 rings (SSSR count). The molecule has 0 aliphatic rings. The van der Waals surface area contributed by atoms with Gasteiger partial charge in [0.2, 0.25) is 5.91 Å². The van der Waals surface area contributed by atoms with Crippen molar-refractivity contribution in [2.45, 2.75) is 47.3 Å². The zero-order valence-electron chi connectivity index (χ0n) is 17.3. The average Bonchev–Trinajstić information content (AvgIpc) is 3.21. The number of nitrogens with one attached hydrogen (secondary N) is 1. The zero-order chi connectivity index (χ0) is 22.2. The minimum atomic E-state index is -2.82. The lowest BCUT2D eigenvalue weighted by molar-refractivity contribution is -0.123. The molecule has 3 aromatic rings. The fourth-order valence-corrected chi connectivity index (χ4v) is 3.82. The summed E-state index contributed by atoms with van der Waals surface area (Å²) in [7, 11) is 0. The summed E-state index contributed by atoms with van der Waals surface area (Å²) < 4.78 is 33.5. The lowest BCUT2D eigenvalue weighted by atomic mass is 9.96. The number of ether oxygens (including phenoxy) is 1. The number of carbonyl (C=O) groups is 2. The normalized spacial score (nSPS) is 12.9. The Labute approximate surface area is 176 Å². The van der Waals surface area contributed by atoms with Crippen LogP contribution in [0.5, 0.6) is 0 Å². The van der Waals surface area contributed by atoms with Crippen molar-refractivity contribution in [3.05, 3.63) is 46.6 Å². The molecule has 0 spiro atoms. The summed E-state index contributed by atoms with van der Waals surface area (Å²) in [6, 6.07) is 8.20. The lowest BCUT2D eigenvalue weighted by Crippen LogP contribution is -2.27. The summed E-state index contributed by atoms with van der Waals surface area (Å²) >= 11 is 1.08. The van der Waals surface area contributed by atoms with E-state index in [1.54, 1.807) is 58.0 Å². The van der Waals surface area contributed by atoms with Gasteiger partial charge in [0.05, 0.1) is 16.0 Å². The second-order valence-electron chi connectivity index (χ2n) is 7.98. The molecule has 0 radical (unpaired) electrons. The molecule has 0 aliphatic heterocycles. The predicted molar refractivity (Wildman–Crippen MR) is 112 cm³/mol. The molecule has 0 saturated heterocycles. The van der Waals surface area contributed by atoms with Crippen LogP contribution in [0.4, 0.5) is 13.8 Å². The van der Waals surface area contributed by atoms with E-state index in [2.05, 4.69) is 10.3 Å². The second-order valence-corrected chi connectivity index (χ2v) is 9.03. The van der Waals surface area contributed by atoms with Crippen LogP contribution in [0.3, 0.4) is 0 Å². The van der Waals surface area contributed by atoms with Crippen LogP contribution in [0.2, 0.25) is 0 Å². The summed E-state index contributed by atoms with van der Waals surface area (Å²) in [5.41, 5.74) is 0.713. The van der Waals surface area contributed by atoms with Crippen LogP contribution in [-0.4, -0.2) is 21.4 Å². The van der Waals surface area contributed by atoms with Crippen molar-refractivity contribution in [2.24, 2.45) is 5.41 Å². The number of rotatable bonds is 5. The number of benzene rings is 1. The number of fused-ring (bicyclic) bond motifs is 1. The first kappa shape index (κ1) is 21.9. The molecule has 0 saturated carbocycles. The van der Waals surface area contributed by atoms with Gasteiger partial charge in [-0.1, -0.05) is 32.9 Å². The molecule has 1 N–H and O–H groups in total. The maximum absolute atomic E-state index is 13.6. The van der Waals surface area contributed by atoms with Gasteiger partial charge in [0.1, 0.15) is 4.88 Å². The van der Waals surface area contributed by atoms with Crippen LogP contribution < -0.4 is 5.32 Å². The largest absolute Gasteiger partial charge is 0.450 e. The summed E-state index contributed by atoms with van der Waals surface area (Å²) in [6.07, 6.45) is -0.993. The number of imidazole rings is 1. The number of esters is 1. The number of thiophene rings is 1. The highest BCUT2D eigenvalue weighted by Gasteiger charge is 2.27. The van der Waals surface area contributed by atoms with E-state index in [1.807, 2.05) is 0 Å². The number of hydrogen-bond donors (Lipinski definition) is 1. The van der Waals surface area contributed by atoms with Gasteiger partial charge in [-0.3, -0.25) is 9.36 Å². The average molecular weight is 435 g/mol. The first-order valence-electron chi connectivity index (χ1n) is 9.37. The minimum Gasteiger partial charge on any atom is -0.450 e. The first-order valence-corrected chi connectivity index (χ1v) is 10.2. The molecule has 0 aliphatic carbocycles. The topological polar surface area (TPSA) is 73.2 Å². The monoisotopic (exact) mass is 435 g/mol. The highest BCUT2D eigenvalue weighted by molar-refractivity contribution is 7.18. The standard InChI is InChI=1S/C21H23F2N3O3S/c1-11-10-15(25-19(28)21(3,4)5)30-16(11)18(27)29-12(2)17-24-13-8-6-7-9-14(13)26(17)20(22)23/h6-10,12,20H,1-5H3,(H,25,28). The van der Waals surface area contributed by atoms with Crippen LogP contribution in [0.15, 0.2) is 30.3 Å². The van der Waals surface area contributed by atoms with E-state index >= 15 is 0 Å². The van der Waals surface area contributed by atoms with E-state index in [0.29, 0.717) is 21.0 Å². The molecule has 1 aromatic carbocycles. The Morgan fingerprint density at radius 2 is 1.90 bits per heavy atom. The second kappa shape index (κ2) is 8.14. The number of aryl methyl sites for hydroxylation is 1. The molecule has 1 amide bonds. The van der Waals surface area contributed by atoms with Crippen molar-refractivity contribution in [1.29, 1.82) is 0 Å². The van der Waals surface area contributed by atoms with E-state index in [9.17, 15) is 18.4 Å². The van der Waals surface area contributed by atoms with Crippen molar-refractivity contribution in [2.75, 3.05) is 5.32 Å². The van der Waals surface area contributed by atoms with Gasteiger partial charge in [0, 0.05) is 5.41 Å². The van der Waals surface area contributed by atoms with E-state index in [4.69, 9.17) is 4.74 Å². The van der Waals surface area contributed by atoms with Crippen LogP contribution in [0.1, 0.15) is 61.4 Å². The fraction of sp³-hybridized carbons (Fsp3) is 0.381. The Kier molecular flexibility index (Phi) is 5.94. The number of aromatic nitrogens is 2. The van der Waals surface area contributed by atoms with Gasteiger partial charge in [-0.05, 0) is 37.6 Å². The van der Waals surface area contributed by atoms with Gasteiger partial charge in [-0.25, -0.2) is 9.78 Å². The van der Waals surface area contributed by atoms with Crippen molar-refractivity contribution in [3.8, 4) is 0 Å². The third-order valence-electron chi connectivity index (χ3n) is 4.49. The van der Waals surface area contributed by atoms with E-state index in [-0.39, 0.29) is 17.2 Å².